The highest BCUT2D eigenvalue weighted by molar-refractivity contribution is 4.95. The van der Waals surface area contributed by atoms with Crippen LogP contribution >= 0.6 is 0 Å². The molecule has 0 spiro atoms. The van der Waals surface area contributed by atoms with Gasteiger partial charge >= 0.3 is 0 Å². The zero-order valence-electron chi connectivity index (χ0n) is 11.2. The lowest BCUT2D eigenvalue weighted by Crippen LogP contribution is -2.39. The van der Waals surface area contributed by atoms with Crippen LogP contribution in [-0.2, 0) is 6.42 Å². The van der Waals surface area contributed by atoms with E-state index in [-0.39, 0.29) is 5.54 Å². The fraction of sp³-hybridized carbons (Fsp3) is 0.769. The van der Waals surface area contributed by atoms with Crippen LogP contribution in [-0.4, -0.2) is 21.6 Å². The highest BCUT2D eigenvalue weighted by Gasteiger charge is 2.13. The van der Waals surface area contributed by atoms with Gasteiger partial charge in [0.1, 0.15) is 5.82 Å². The predicted molar refractivity (Wildman–Crippen MR) is 68.7 cm³/mol. The van der Waals surface area contributed by atoms with E-state index in [9.17, 15) is 0 Å². The second kappa shape index (κ2) is 5.48. The zero-order chi connectivity index (χ0) is 12.2. The lowest BCUT2D eigenvalue weighted by Gasteiger charge is -2.25. The number of aromatic nitrogens is 2. The third kappa shape index (κ3) is 3.97. The molecule has 1 atom stereocenters. The van der Waals surface area contributed by atoms with Crippen molar-refractivity contribution in [2.75, 3.05) is 6.54 Å². The summed E-state index contributed by atoms with van der Waals surface area (Å²) in [6.07, 6.45) is 6.20. The molecule has 0 aromatic carbocycles. The first-order chi connectivity index (χ1) is 7.44. The highest BCUT2D eigenvalue weighted by atomic mass is 15.1. The molecule has 92 valence electrons. The van der Waals surface area contributed by atoms with E-state index in [4.69, 9.17) is 0 Å². The molecule has 0 aliphatic heterocycles. The SMILES string of the molecule is CCCc1nccn1C(C)CNC(C)(C)C. The summed E-state index contributed by atoms with van der Waals surface area (Å²) in [4.78, 5) is 4.41. The topological polar surface area (TPSA) is 29.9 Å². The van der Waals surface area contributed by atoms with Gasteiger partial charge in [-0.25, -0.2) is 4.98 Å². The third-order valence-corrected chi connectivity index (χ3v) is 2.63. The fourth-order valence-electron chi connectivity index (χ4n) is 1.71. The Hall–Kier alpha value is -0.830. The van der Waals surface area contributed by atoms with Gasteiger partial charge in [0.05, 0.1) is 0 Å². The number of rotatable bonds is 5. The van der Waals surface area contributed by atoms with Gasteiger partial charge in [0.2, 0.25) is 0 Å². The number of hydrogen-bond donors (Lipinski definition) is 1. The summed E-state index contributed by atoms with van der Waals surface area (Å²) in [7, 11) is 0. The van der Waals surface area contributed by atoms with Crippen LogP contribution in [0.25, 0.3) is 0 Å². The van der Waals surface area contributed by atoms with E-state index in [2.05, 4.69) is 55.7 Å². The molecule has 0 amide bonds. The largest absolute Gasteiger partial charge is 0.331 e. The first-order valence-corrected chi connectivity index (χ1v) is 6.20. The van der Waals surface area contributed by atoms with Crippen molar-refractivity contribution >= 4 is 0 Å². The van der Waals surface area contributed by atoms with E-state index in [1.54, 1.807) is 0 Å². The molecular formula is C13H25N3. The minimum absolute atomic E-state index is 0.180. The van der Waals surface area contributed by atoms with E-state index in [0.717, 1.165) is 19.4 Å². The van der Waals surface area contributed by atoms with Gasteiger partial charge in [0, 0.05) is 36.9 Å². The molecule has 1 rings (SSSR count). The maximum absolute atomic E-state index is 4.41. The van der Waals surface area contributed by atoms with Gasteiger partial charge in [-0.1, -0.05) is 6.92 Å². The van der Waals surface area contributed by atoms with Crippen molar-refractivity contribution in [2.45, 2.75) is 59.0 Å². The van der Waals surface area contributed by atoms with Gasteiger partial charge in [-0.15, -0.1) is 0 Å². The Bertz CT molecular complexity index is 309. The molecule has 0 radical (unpaired) electrons. The molecule has 1 heterocycles. The van der Waals surface area contributed by atoms with E-state index in [1.807, 2.05) is 6.20 Å². The van der Waals surface area contributed by atoms with Crippen molar-refractivity contribution in [1.82, 2.24) is 14.9 Å². The smallest absolute Gasteiger partial charge is 0.108 e. The van der Waals surface area contributed by atoms with Crippen LogP contribution in [0.15, 0.2) is 12.4 Å². The number of aryl methyl sites for hydroxylation is 1. The number of nitrogens with one attached hydrogen (secondary N) is 1. The minimum atomic E-state index is 0.180. The van der Waals surface area contributed by atoms with Gasteiger partial charge in [-0.05, 0) is 34.1 Å². The molecule has 3 heteroatoms. The number of nitrogens with zero attached hydrogens (tertiary/aromatic N) is 2. The van der Waals surface area contributed by atoms with Crippen molar-refractivity contribution in [3.8, 4) is 0 Å². The Morgan fingerprint density at radius 1 is 1.44 bits per heavy atom. The molecule has 1 unspecified atom stereocenters. The van der Waals surface area contributed by atoms with Gasteiger partial charge in [0.25, 0.3) is 0 Å². The lowest BCUT2D eigenvalue weighted by molar-refractivity contribution is 0.374. The maximum atomic E-state index is 4.41. The summed E-state index contributed by atoms with van der Waals surface area (Å²) in [6.45, 7) is 12.0. The standard InChI is InChI=1S/C13H25N3/c1-6-7-12-14-8-9-16(12)11(2)10-15-13(3,4)5/h8-9,11,15H,6-7,10H2,1-5H3. The average molecular weight is 223 g/mol. The molecule has 16 heavy (non-hydrogen) atoms. The van der Waals surface area contributed by atoms with E-state index < -0.39 is 0 Å². The fourth-order valence-corrected chi connectivity index (χ4v) is 1.71. The van der Waals surface area contributed by atoms with Crippen molar-refractivity contribution in [1.29, 1.82) is 0 Å². The Labute approximate surface area is 99.3 Å². The van der Waals surface area contributed by atoms with E-state index in [1.165, 1.54) is 5.82 Å². The molecular weight excluding hydrogens is 198 g/mol. The first kappa shape index (κ1) is 13.2. The molecule has 0 saturated heterocycles. The minimum Gasteiger partial charge on any atom is -0.331 e. The van der Waals surface area contributed by atoms with Crippen molar-refractivity contribution in [3.63, 3.8) is 0 Å². The van der Waals surface area contributed by atoms with Crippen molar-refractivity contribution in [2.24, 2.45) is 0 Å². The molecule has 0 saturated carbocycles. The second-order valence-corrected chi connectivity index (χ2v) is 5.48. The molecule has 1 aromatic heterocycles. The summed E-state index contributed by atoms with van der Waals surface area (Å²) < 4.78 is 2.28. The van der Waals surface area contributed by atoms with Crippen LogP contribution in [0.1, 0.15) is 52.9 Å². The van der Waals surface area contributed by atoms with Crippen LogP contribution in [0.2, 0.25) is 0 Å². The zero-order valence-corrected chi connectivity index (χ0v) is 11.2. The quantitative estimate of drug-likeness (QED) is 0.832. The maximum Gasteiger partial charge on any atom is 0.108 e. The van der Waals surface area contributed by atoms with Gasteiger partial charge < -0.3 is 9.88 Å². The second-order valence-electron chi connectivity index (χ2n) is 5.48. The number of imidazole rings is 1. The van der Waals surface area contributed by atoms with Gasteiger partial charge in [0.15, 0.2) is 0 Å². The Morgan fingerprint density at radius 2 is 2.12 bits per heavy atom. The summed E-state index contributed by atoms with van der Waals surface area (Å²) in [5.74, 6) is 1.20. The third-order valence-electron chi connectivity index (χ3n) is 2.63. The normalized spacial score (nSPS) is 14.1. The predicted octanol–water partition coefficient (Wildman–Crippen LogP) is 2.78. The molecule has 0 aliphatic rings. The summed E-state index contributed by atoms with van der Waals surface area (Å²) in [5, 5.41) is 3.53. The van der Waals surface area contributed by atoms with E-state index >= 15 is 0 Å². The van der Waals surface area contributed by atoms with Crippen LogP contribution in [0.4, 0.5) is 0 Å². The van der Waals surface area contributed by atoms with Gasteiger partial charge in [-0.3, -0.25) is 0 Å². The molecule has 0 fully saturated rings. The Morgan fingerprint density at radius 3 is 2.69 bits per heavy atom. The number of hydrogen-bond acceptors (Lipinski definition) is 2. The summed E-state index contributed by atoms with van der Waals surface area (Å²) in [6, 6.07) is 0.461. The summed E-state index contributed by atoms with van der Waals surface area (Å²) in [5.41, 5.74) is 0.180. The monoisotopic (exact) mass is 223 g/mol. The Balaban J connectivity index is 2.58. The van der Waals surface area contributed by atoms with Crippen molar-refractivity contribution in [3.05, 3.63) is 18.2 Å². The molecule has 0 bridgehead atoms. The molecule has 1 N–H and O–H groups in total. The van der Waals surface area contributed by atoms with Crippen LogP contribution in [0.3, 0.4) is 0 Å². The first-order valence-electron chi connectivity index (χ1n) is 6.20. The van der Waals surface area contributed by atoms with Gasteiger partial charge in [-0.2, -0.15) is 0 Å². The van der Waals surface area contributed by atoms with Crippen LogP contribution in [0.5, 0.6) is 0 Å². The molecule has 1 aromatic rings. The molecule has 3 nitrogen and oxygen atoms in total. The van der Waals surface area contributed by atoms with E-state index in [0.29, 0.717) is 6.04 Å². The van der Waals surface area contributed by atoms with Crippen LogP contribution in [0, 0.1) is 0 Å². The lowest BCUT2D eigenvalue weighted by atomic mass is 10.1. The Kier molecular flexibility index (Phi) is 4.54. The summed E-state index contributed by atoms with van der Waals surface area (Å²) >= 11 is 0. The van der Waals surface area contributed by atoms with Crippen LogP contribution < -0.4 is 5.32 Å². The molecule has 0 aliphatic carbocycles. The highest BCUT2D eigenvalue weighted by Crippen LogP contribution is 2.11. The average Bonchev–Trinajstić information content (AvgIpc) is 2.62. The van der Waals surface area contributed by atoms with Crippen molar-refractivity contribution < 1.29 is 0 Å².